The highest BCUT2D eigenvalue weighted by molar-refractivity contribution is 9.10. The minimum Gasteiger partial charge on any atom is -0.465 e. The number of hydrogen-bond acceptors (Lipinski definition) is 7. The molecule has 0 amide bonds. The molecule has 0 aliphatic carbocycles. The predicted octanol–water partition coefficient (Wildman–Crippen LogP) is 6.03. The van der Waals surface area contributed by atoms with Gasteiger partial charge in [-0.3, -0.25) is 4.99 Å². The molecule has 0 bridgehead atoms. The Hall–Kier alpha value is -1.74. The van der Waals surface area contributed by atoms with E-state index >= 15 is 0 Å². The second-order valence-corrected chi connectivity index (χ2v) is 9.77. The summed E-state index contributed by atoms with van der Waals surface area (Å²) >= 11 is 8.26. The molecule has 3 aromatic rings. The van der Waals surface area contributed by atoms with E-state index in [4.69, 9.17) is 14.7 Å². The van der Waals surface area contributed by atoms with E-state index in [1.807, 2.05) is 48.2 Å². The highest BCUT2D eigenvalue weighted by atomic mass is 79.9. The average Bonchev–Trinajstić information content (AvgIpc) is 3.46. The summed E-state index contributed by atoms with van der Waals surface area (Å²) in [6, 6.07) is 9.93. The molecule has 2 aromatic heterocycles. The Kier molecular flexibility index (Phi) is 5.55. The van der Waals surface area contributed by atoms with Crippen molar-refractivity contribution in [2.24, 2.45) is 4.99 Å². The Labute approximate surface area is 183 Å². The highest BCUT2D eigenvalue weighted by Crippen LogP contribution is 2.45. The van der Waals surface area contributed by atoms with Gasteiger partial charge < -0.3 is 4.74 Å². The SMILES string of the molecule is COC(=O)c1cc(-c2csc(C3(c4ccccc4Br)C=CC=N3)n2)c(SC)s1. The molecule has 4 rings (SSSR count). The number of thiophene rings is 1. The first-order chi connectivity index (χ1) is 13.6. The molecule has 4 nitrogen and oxygen atoms in total. The molecule has 1 aliphatic rings. The fourth-order valence-corrected chi connectivity index (χ4v) is 6.39. The van der Waals surface area contributed by atoms with E-state index in [1.54, 1.807) is 23.1 Å². The molecule has 1 aromatic carbocycles. The molecule has 0 radical (unpaired) electrons. The third-order valence-corrected chi connectivity index (χ3v) is 8.27. The molecule has 0 fully saturated rings. The Balaban J connectivity index is 1.80. The predicted molar refractivity (Wildman–Crippen MR) is 121 cm³/mol. The van der Waals surface area contributed by atoms with Crippen molar-refractivity contribution in [1.29, 1.82) is 0 Å². The average molecular weight is 491 g/mol. The van der Waals surface area contributed by atoms with E-state index in [9.17, 15) is 4.79 Å². The molecule has 142 valence electrons. The summed E-state index contributed by atoms with van der Waals surface area (Å²) in [6.07, 6.45) is 7.83. The lowest BCUT2D eigenvalue weighted by atomic mass is 9.92. The third-order valence-electron chi connectivity index (χ3n) is 4.36. The Morgan fingerprint density at radius 1 is 1.32 bits per heavy atom. The Bertz CT molecular complexity index is 1090. The van der Waals surface area contributed by atoms with Gasteiger partial charge in [-0.25, -0.2) is 9.78 Å². The van der Waals surface area contributed by atoms with Gasteiger partial charge in [-0.05, 0) is 30.5 Å². The maximum absolute atomic E-state index is 11.9. The van der Waals surface area contributed by atoms with Crippen LogP contribution in [0.4, 0.5) is 0 Å². The van der Waals surface area contributed by atoms with E-state index in [-0.39, 0.29) is 5.97 Å². The van der Waals surface area contributed by atoms with Gasteiger partial charge in [0.1, 0.15) is 9.88 Å². The molecule has 8 heteroatoms. The van der Waals surface area contributed by atoms with Gasteiger partial charge in [-0.2, -0.15) is 0 Å². The van der Waals surface area contributed by atoms with Crippen LogP contribution in [-0.2, 0) is 10.3 Å². The lowest BCUT2D eigenvalue weighted by Gasteiger charge is -2.23. The number of aromatic nitrogens is 1. The number of thiazole rings is 1. The number of methoxy groups -OCH3 is 1. The second kappa shape index (κ2) is 7.94. The van der Waals surface area contributed by atoms with Crippen molar-refractivity contribution in [3.63, 3.8) is 0 Å². The zero-order valence-corrected chi connectivity index (χ0v) is 19.0. The van der Waals surface area contributed by atoms with Crippen LogP contribution in [0.2, 0.25) is 0 Å². The fraction of sp³-hybridized carbons (Fsp3) is 0.150. The summed E-state index contributed by atoms with van der Waals surface area (Å²) in [4.78, 5) is 22.2. The lowest BCUT2D eigenvalue weighted by Crippen LogP contribution is -2.21. The van der Waals surface area contributed by atoms with Crippen molar-refractivity contribution in [2.75, 3.05) is 13.4 Å². The van der Waals surface area contributed by atoms with Crippen molar-refractivity contribution in [3.05, 3.63) is 67.8 Å². The van der Waals surface area contributed by atoms with Gasteiger partial charge in [0.2, 0.25) is 0 Å². The third kappa shape index (κ3) is 3.28. The number of aliphatic imine (C=N–C) groups is 1. The zero-order valence-electron chi connectivity index (χ0n) is 15.0. The second-order valence-electron chi connectivity index (χ2n) is 5.93. The summed E-state index contributed by atoms with van der Waals surface area (Å²) in [7, 11) is 1.40. The normalized spacial score (nSPS) is 18.0. The van der Waals surface area contributed by atoms with Crippen LogP contribution in [0.3, 0.4) is 0 Å². The van der Waals surface area contributed by atoms with Gasteiger partial charge >= 0.3 is 5.97 Å². The van der Waals surface area contributed by atoms with Gasteiger partial charge in [0, 0.05) is 27.2 Å². The van der Waals surface area contributed by atoms with Crippen LogP contribution in [0.1, 0.15) is 20.2 Å². The minimum atomic E-state index is -0.635. The number of rotatable bonds is 5. The van der Waals surface area contributed by atoms with E-state index < -0.39 is 5.54 Å². The van der Waals surface area contributed by atoms with Crippen molar-refractivity contribution >= 4 is 62.5 Å². The van der Waals surface area contributed by atoms with Gasteiger partial charge in [0.25, 0.3) is 0 Å². The van der Waals surface area contributed by atoms with E-state index in [2.05, 4.69) is 28.1 Å². The number of nitrogens with zero attached hydrogens (tertiary/aromatic N) is 2. The van der Waals surface area contributed by atoms with Gasteiger partial charge in [0.05, 0.1) is 17.0 Å². The molecule has 0 spiro atoms. The monoisotopic (exact) mass is 490 g/mol. The van der Waals surface area contributed by atoms with Gasteiger partial charge in [-0.15, -0.1) is 34.4 Å². The standard InChI is InChI=1S/C20H15BrN2O2S3/c1-25-17(24)16-10-12(18(26-2)28-16)15-11-27-19(23-15)20(8-5-9-22-20)13-6-3-4-7-14(13)21/h3-11H,1-2H3. The zero-order chi connectivity index (χ0) is 19.7. The first-order valence-electron chi connectivity index (χ1n) is 8.29. The molecule has 1 aliphatic heterocycles. The summed E-state index contributed by atoms with van der Waals surface area (Å²) in [6.45, 7) is 0. The number of hydrogen-bond donors (Lipinski definition) is 0. The number of benzene rings is 1. The van der Waals surface area contributed by atoms with Crippen LogP contribution in [-0.4, -0.2) is 30.5 Å². The molecule has 0 saturated heterocycles. The molecule has 0 saturated carbocycles. The summed E-state index contributed by atoms with van der Waals surface area (Å²) in [5.41, 5.74) is 2.21. The number of ether oxygens (including phenoxy) is 1. The molecule has 3 heterocycles. The Morgan fingerprint density at radius 2 is 2.14 bits per heavy atom. The fourth-order valence-electron chi connectivity index (χ4n) is 3.04. The number of halogens is 1. The van der Waals surface area contributed by atoms with Crippen molar-refractivity contribution in [3.8, 4) is 11.3 Å². The molecule has 1 unspecified atom stereocenters. The van der Waals surface area contributed by atoms with Crippen LogP contribution in [0.15, 0.2) is 61.5 Å². The summed E-state index contributed by atoms with van der Waals surface area (Å²) in [5.74, 6) is -0.324. The number of carbonyl (C=O) groups excluding carboxylic acids is 1. The van der Waals surface area contributed by atoms with Crippen LogP contribution >= 0.6 is 50.4 Å². The maximum Gasteiger partial charge on any atom is 0.348 e. The van der Waals surface area contributed by atoms with Crippen LogP contribution in [0.25, 0.3) is 11.3 Å². The number of allylic oxidation sites excluding steroid dienone is 1. The van der Waals surface area contributed by atoms with Crippen LogP contribution < -0.4 is 0 Å². The van der Waals surface area contributed by atoms with E-state index in [0.29, 0.717) is 4.88 Å². The van der Waals surface area contributed by atoms with E-state index in [0.717, 1.165) is 30.5 Å². The summed E-state index contributed by atoms with van der Waals surface area (Å²) < 4.78 is 6.90. The molecule has 0 N–H and O–H groups in total. The smallest absolute Gasteiger partial charge is 0.348 e. The lowest BCUT2D eigenvalue weighted by molar-refractivity contribution is 0.0606. The van der Waals surface area contributed by atoms with Crippen molar-refractivity contribution in [2.45, 2.75) is 9.75 Å². The Morgan fingerprint density at radius 3 is 2.82 bits per heavy atom. The largest absolute Gasteiger partial charge is 0.465 e. The number of carbonyl (C=O) groups is 1. The van der Waals surface area contributed by atoms with Crippen molar-refractivity contribution < 1.29 is 9.53 Å². The maximum atomic E-state index is 11.9. The van der Waals surface area contributed by atoms with Gasteiger partial charge in [0.15, 0.2) is 5.54 Å². The minimum absolute atomic E-state index is 0.324. The number of thioether (sulfide) groups is 1. The summed E-state index contributed by atoms with van der Waals surface area (Å²) in [5, 5.41) is 2.91. The molecule has 1 atom stereocenters. The topological polar surface area (TPSA) is 51.5 Å². The highest BCUT2D eigenvalue weighted by Gasteiger charge is 2.37. The van der Waals surface area contributed by atoms with Crippen LogP contribution in [0.5, 0.6) is 0 Å². The van der Waals surface area contributed by atoms with Crippen molar-refractivity contribution in [1.82, 2.24) is 4.98 Å². The first kappa shape index (κ1) is 19.6. The number of esters is 1. The molecule has 28 heavy (non-hydrogen) atoms. The van der Waals surface area contributed by atoms with Gasteiger partial charge in [-0.1, -0.05) is 34.1 Å². The van der Waals surface area contributed by atoms with Crippen LogP contribution in [0, 0.1) is 0 Å². The molecular weight excluding hydrogens is 476 g/mol. The quantitative estimate of drug-likeness (QED) is 0.323. The molecular formula is C20H15BrN2O2S3. The first-order valence-corrected chi connectivity index (χ1v) is 12.0. The van der Waals surface area contributed by atoms with E-state index in [1.165, 1.54) is 18.4 Å².